The molecule has 1 aromatic heterocycles. The van der Waals surface area contributed by atoms with E-state index in [1.54, 1.807) is 14.2 Å². The van der Waals surface area contributed by atoms with Crippen molar-refractivity contribution in [3.63, 3.8) is 0 Å². The number of hydrogen-bond donors (Lipinski definition) is 1. The highest BCUT2D eigenvalue weighted by molar-refractivity contribution is 5.82. The fourth-order valence-corrected chi connectivity index (χ4v) is 4.75. The van der Waals surface area contributed by atoms with Crippen LogP contribution >= 0.6 is 0 Å². The van der Waals surface area contributed by atoms with E-state index >= 15 is 0 Å². The third-order valence-corrected chi connectivity index (χ3v) is 6.22. The molecule has 0 radical (unpaired) electrons. The number of H-pyrrole nitrogens is 1. The van der Waals surface area contributed by atoms with Gasteiger partial charge in [-0.1, -0.05) is 6.07 Å². The SMILES string of the molecule is CO[C@@H]1CC[C@@]2(OC)CCN(C(=O)Cc3ccc4nc(C)[nH]c4c3)[C@H]2C1. The summed E-state index contributed by atoms with van der Waals surface area (Å²) in [6.07, 6.45) is 4.33. The molecular weight excluding hydrogens is 330 g/mol. The number of aryl methyl sites for hydroxylation is 1. The number of methoxy groups -OCH3 is 2. The van der Waals surface area contributed by atoms with Crippen molar-refractivity contribution in [1.82, 2.24) is 14.9 Å². The van der Waals surface area contributed by atoms with E-state index in [2.05, 4.69) is 9.97 Å². The third-order valence-electron chi connectivity index (χ3n) is 6.22. The lowest BCUT2D eigenvalue weighted by atomic mass is 9.79. The van der Waals surface area contributed by atoms with Crippen molar-refractivity contribution in [2.45, 2.75) is 56.8 Å². The average molecular weight is 357 g/mol. The van der Waals surface area contributed by atoms with Crippen LogP contribution in [0, 0.1) is 6.92 Å². The van der Waals surface area contributed by atoms with E-state index < -0.39 is 0 Å². The van der Waals surface area contributed by atoms with Gasteiger partial charge in [-0.15, -0.1) is 0 Å². The molecule has 2 heterocycles. The molecule has 2 fully saturated rings. The number of aromatic amines is 1. The number of carbonyl (C=O) groups is 1. The molecule has 1 aliphatic carbocycles. The first-order chi connectivity index (χ1) is 12.5. The Morgan fingerprint density at radius 2 is 2.23 bits per heavy atom. The second kappa shape index (κ2) is 6.67. The van der Waals surface area contributed by atoms with Gasteiger partial charge in [-0.25, -0.2) is 4.98 Å². The topological polar surface area (TPSA) is 67.5 Å². The third kappa shape index (κ3) is 2.91. The minimum atomic E-state index is -0.199. The number of fused-ring (bicyclic) bond motifs is 2. The molecule has 4 rings (SSSR count). The molecule has 2 aliphatic rings. The van der Waals surface area contributed by atoms with Crippen molar-refractivity contribution in [3.05, 3.63) is 29.6 Å². The number of hydrogen-bond acceptors (Lipinski definition) is 4. The Bertz CT molecular complexity index is 818. The molecule has 3 atom stereocenters. The summed E-state index contributed by atoms with van der Waals surface area (Å²) in [5.41, 5.74) is 2.74. The van der Waals surface area contributed by atoms with Crippen molar-refractivity contribution in [2.75, 3.05) is 20.8 Å². The number of aromatic nitrogens is 2. The van der Waals surface area contributed by atoms with Gasteiger partial charge in [0.05, 0.1) is 35.2 Å². The second-order valence-corrected chi connectivity index (χ2v) is 7.60. The lowest BCUT2D eigenvalue weighted by Crippen LogP contribution is -2.53. The van der Waals surface area contributed by atoms with Gasteiger partial charge in [0.1, 0.15) is 5.82 Å². The van der Waals surface area contributed by atoms with Crippen molar-refractivity contribution >= 4 is 16.9 Å². The van der Waals surface area contributed by atoms with E-state index in [-0.39, 0.29) is 23.7 Å². The zero-order valence-electron chi connectivity index (χ0n) is 15.7. The highest BCUT2D eigenvalue weighted by Crippen LogP contribution is 2.43. The number of nitrogens with one attached hydrogen (secondary N) is 1. The second-order valence-electron chi connectivity index (χ2n) is 7.60. The van der Waals surface area contributed by atoms with Crippen LogP contribution in [0.25, 0.3) is 11.0 Å². The molecule has 6 nitrogen and oxygen atoms in total. The molecule has 0 spiro atoms. The first-order valence-corrected chi connectivity index (χ1v) is 9.37. The zero-order valence-corrected chi connectivity index (χ0v) is 15.7. The summed E-state index contributed by atoms with van der Waals surface area (Å²) in [6.45, 7) is 2.70. The van der Waals surface area contributed by atoms with Crippen LogP contribution in [-0.4, -0.2) is 59.3 Å². The molecule has 1 aromatic carbocycles. The quantitative estimate of drug-likeness (QED) is 0.913. The molecule has 0 unspecified atom stereocenters. The van der Waals surface area contributed by atoms with Crippen LogP contribution in [0.2, 0.25) is 0 Å². The summed E-state index contributed by atoms with van der Waals surface area (Å²) >= 11 is 0. The van der Waals surface area contributed by atoms with Crippen molar-refractivity contribution in [1.29, 1.82) is 0 Å². The zero-order chi connectivity index (χ0) is 18.3. The number of amides is 1. The molecule has 6 heteroatoms. The summed E-state index contributed by atoms with van der Waals surface area (Å²) in [5, 5.41) is 0. The Morgan fingerprint density at radius 1 is 1.38 bits per heavy atom. The lowest BCUT2D eigenvalue weighted by molar-refractivity contribution is -0.140. The molecule has 1 N–H and O–H groups in total. The van der Waals surface area contributed by atoms with Crippen LogP contribution in [0.15, 0.2) is 18.2 Å². The maximum Gasteiger partial charge on any atom is 0.227 e. The normalized spacial score (nSPS) is 28.5. The van der Waals surface area contributed by atoms with Gasteiger partial charge >= 0.3 is 0 Å². The van der Waals surface area contributed by atoms with Crippen molar-refractivity contribution in [3.8, 4) is 0 Å². The van der Waals surface area contributed by atoms with Gasteiger partial charge in [0.25, 0.3) is 0 Å². The lowest BCUT2D eigenvalue weighted by Gasteiger charge is -2.43. The summed E-state index contributed by atoms with van der Waals surface area (Å²) < 4.78 is 11.5. The molecule has 1 amide bonds. The predicted molar refractivity (Wildman–Crippen MR) is 99.0 cm³/mol. The summed E-state index contributed by atoms with van der Waals surface area (Å²) in [5.74, 6) is 1.06. The molecule has 140 valence electrons. The van der Waals surface area contributed by atoms with Gasteiger partial charge in [0.2, 0.25) is 5.91 Å². The minimum Gasteiger partial charge on any atom is -0.381 e. The van der Waals surface area contributed by atoms with Gasteiger partial charge in [-0.3, -0.25) is 4.79 Å². The first-order valence-electron chi connectivity index (χ1n) is 9.37. The summed E-state index contributed by atoms with van der Waals surface area (Å²) in [4.78, 5) is 22.8. The number of benzene rings is 1. The Morgan fingerprint density at radius 3 is 3.00 bits per heavy atom. The molecule has 1 saturated heterocycles. The highest BCUT2D eigenvalue weighted by Gasteiger charge is 2.52. The maximum atomic E-state index is 13.1. The van der Waals surface area contributed by atoms with E-state index in [4.69, 9.17) is 9.47 Å². The Hall–Kier alpha value is -1.92. The van der Waals surface area contributed by atoms with Crippen LogP contribution < -0.4 is 0 Å². The number of ether oxygens (including phenoxy) is 2. The van der Waals surface area contributed by atoms with Crippen molar-refractivity contribution in [2.24, 2.45) is 0 Å². The van der Waals surface area contributed by atoms with Gasteiger partial charge in [0.15, 0.2) is 0 Å². The van der Waals surface area contributed by atoms with Crippen LogP contribution in [0.5, 0.6) is 0 Å². The van der Waals surface area contributed by atoms with Crippen LogP contribution in [0.3, 0.4) is 0 Å². The Balaban J connectivity index is 1.53. The fourth-order valence-electron chi connectivity index (χ4n) is 4.75. The highest BCUT2D eigenvalue weighted by atomic mass is 16.5. The predicted octanol–water partition coefficient (Wildman–Crippen LogP) is 2.60. The van der Waals surface area contributed by atoms with Crippen LogP contribution in [0.1, 0.15) is 37.1 Å². The van der Waals surface area contributed by atoms with Crippen molar-refractivity contribution < 1.29 is 14.3 Å². The van der Waals surface area contributed by atoms with E-state index in [1.807, 2.05) is 30.0 Å². The van der Waals surface area contributed by atoms with E-state index in [9.17, 15) is 4.79 Å². The number of imidazole rings is 1. The molecule has 26 heavy (non-hydrogen) atoms. The molecule has 1 aliphatic heterocycles. The Labute approximate surface area is 153 Å². The largest absolute Gasteiger partial charge is 0.381 e. The van der Waals surface area contributed by atoms with Crippen LogP contribution in [-0.2, 0) is 20.7 Å². The summed E-state index contributed by atoms with van der Waals surface area (Å²) in [7, 11) is 3.54. The minimum absolute atomic E-state index is 0.108. The smallest absolute Gasteiger partial charge is 0.227 e. The Kier molecular flexibility index (Phi) is 4.49. The van der Waals surface area contributed by atoms with E-state index in [1.165, 1.54) is 0 Å². The molecule has 2 aromatic rings. The number of carbonyl (C=O) groups excluding carboxylic acids is 1. The van der Waals surface area contributed by atoms with E-state index in [0.29, 0.717) is 6.42 Å². The first kappa shape index (κ1) is 17.5. The van der Waals surface area contributed by atoms with Gasteiger partial charge in [-0.2, -0.15) is 0 Å². The number of likely N-dealkylation sites (tertiary alicyclic amines) is 1. The van der Waals surface area contributed by atoms with Gasteiger partial charge in [-0.05, 0) is 50.3 Å². The fraction of sp³-hybridized carbons (Fsp3) is 0.600. The summed E-state index contributed by atoms with van der Waals surface area (Å²) in [6, 6.07) is 6.12. The van der Waals surface area contributed by atoms with Crippen LogP contribution in [0.4, 0.5) is 0 Å². The average Bonchev–Trinajstić information content (AvgIpc) is 3.20. The van der Waals surface area contributed by atoms with E-state index in [0.717, 1.165) is 54.6 Å². The maximum absolute atomic E-state index is 13.1. The van der Waals surface area contributed by atoms with Gasteiger partial charge < -0.3 is 19.4 Å². The van der Waals surface area contributed by atoms with Gasteiger partial charge in [0, 0.05) is 20.8 Å². The monoisotopic (exact) mass is 357 g/mol. The number of nitrogens with zero attached hydrogens (tertiary/aromatic N) is 2. The standard InChI is InChI=1S/C20H27N3O3/c1-13-21-16-5-4-14(10-17(16)22-13)11-19(24)23-9-8-20(26-3)7-6-15(25-2)12-18(20)23/h4-5,10,15,18H,6-9,11-12H2,1-3H3,(H,21,22)/t15-,18+,20-/m1/s1. The molecule has 1 saturated carbocycles. The number of rotatable bonds is 4. The molecule has 0 bridgehead atoms. The molecular formula is C20H27N3O3.